The average molecular weight is 273 g/mol. The van der Waals surface area contributed by atoms with Gasteiger partial charge in [0.1, 0.15) is 0 Å². The first kappa shape index (κ1) is 13.2. The second kappa shape index (κ2) is 5.57. The number of halogens is 2. The lowest BCUT2D eigenvalue weighted by molar-refractivity contribution is 0.113. The van der Waals surface area contributed by atoms with E-state index in [0.717, 1.165) is 5.56 Å². The van der Waals surface area contributed by atoms with Crippen molar-refractivity contribution in [3.63, 3.8) is 0 Å². The summed E-state index contributed by atoms with van der Waals surface area (Å²) in [6, 6.07) is 6.48. The Balaban J connectivity index is 2.21. The van der Waals surface area contributed by atoms with E-state index in [9.17, 15) is 0 Å². The van der Waals surface area contributed by atoms with Crippen LogP contribution in [0.5, 0.6) is 0 Å². The second-order valence-corrected chi connectivity index (χ2v) is 5.51. The van der Waals surface area contributed by atoms with E-state index in [0.29, 0.717) is 22.6 Å². The van der Waals surface area contributed by atoms with Gasteiger partial charge in [0.25, 0.3) is 0 Å². The molecule has 0 spiro atoms. The highest BCUT2D eigenvalue weighted by molar-refractivity contribution is 6.35. The Morgan fingerprint density at radius 1 is 1.41 bits per heavy atom. The van der Waals surface area contributed by atoms with Gasteiger partial charge in [-0.3, -0.25) is 4.90 Å². The van der Waals surface area contributed by atoms with Crippen molar-refractivity contribution in [1.29, 1.82) is 0 Å². The maximum Gasteiger partial charge on any atom is 0.0485 e. The highest BCUT2D eigenvalue weighted by atomic mass is 35.5. The van der Waals surface area contributed by atoms with Crippen LogP contribution < -0.4 is 5.73 Å². The van der Waals surface area contributed by atoms with E-state index in [-0.39, 0.29) is 6.04 Å². The lowest BCUT2D eigenvalue weighted by Crippen LogP contribution is -2.42. The standard InChI is InChI=1S/C13H18Cl2N2/c1-17(10-3-2-4-10)13(8-16)11-6-5-9(14)7-12(11)15/h5-7,10,13H,2-4,8,16H2,1H3. The summed E-state index contributed by atoms with van der Waals surface area (Å²) >= 11 is 12.2. The van der Waals surface area contributed by atoms with Gasteiger partial charge >= 0.3 is 0 Å². The number of hydrogen-bond acceptors (Lipinski definition) is 2. The SMILES string of the molecule is CN(C1CCC1)C(CN)c1ccc(Cl)cc1Cl. The van der Waals surface area contributed by atoms with Crippen molar-refractivity contribution < 1.29 is 0 Å². The Morgan fingerprint density at radius 3 is 2.59 bits per heavy atom. The van der Waals surface area contributed by atoms with Crippen LogP contribution in [-0.2, 0) is 0 Å². The van der Waals surface area contributed by atoms with Gasteiger partial charge in [0, 0.05) is 28.7 Å². The molecule has 1 atom stereocenters. The van der Waals surface area contributed by atoms with Crippen LogP contribution in [0.25, 0.3) is 0 Å². The summed E-state index contributed by atoms with van der Waals surface area (Å²) in [7, 11) is 2.13. The van der Waals surface area contributed by atoms with E-state index < -0.39 is 0 Å². The van der Waals surface area contributed by atoms with Crippen LogP contribution in [0.15, 0.2) is 18.2 Å². The lowest BCUT2D eigenvalue weighted by Gasteiger charge is -2.40. The summed E-state index contributed by atoms with van der Waals surface area (Å²) in [5, 5.41) is 1.37. The van der Waals surface area contributed by atoms with E-state index >= 15 is 0 Å². The molecule has 2 rings (SSSR count). The van der Waals surface area contributed by atoms with Gasteiger partial charge in [-0.1, -0.05) is 35.7 Å². The Bertz CT molecular complexity index is 391. The molecule has 0 bridgehead atoms. The van der Waals surface area contributed by atoms with Crippen molar-refractivity contribution in [3.05, 3.63) is 33.8 Å². The quantitative estimate of drug-likeness (QED) is 0.910. The number of rotatable bonds is 4. The molecule has 2 N–H and O–H groups in total. The third-order valence-corrected chi connectivity index (χ3v) is 4.25. The summed E-state index contributed by atoms with van der Waals surface area (Å²) in [5.74, 6) is 0. The van der Waals surface area contributed by atoms with Crippen molar-refractivity contribution in [2.45, 2.75) is 31.3 Å². The number of likely N-dealkylation sites (N-methyl/N-ethyl adjacent to an activating group) is 1. The largest absolute Gasteiger partial charge is 0.329 e. The average Bonchev–Trinajstić information content (AvgIpc) is 2.19. The van der Waals surface area contributed by atoms with Crippen molar-refractivity contribution in [2.24, 2.45) is 5.73 Å². The van der Waals surface area contributed by atoms with Gasteiger partial charge in [0.15, 0.2) is 0 Å². The minimum Gasteiger partial charge on any atom is -0.329 e. The van der Waals surface area contributed by atoms with Crippen LogP contribution in [0.2, 0.25) is 10.0 Å². The van der Waals surface area contributed by atoms with E-state index in [1.807, 2.05) is 12.1 Å². The van der Waals surface area contributed by atoms with E-state index in [1.165, 1.54) is 19.3 Å². The Labute approximate surface area is 113 Å². The molecule has 1 aromatic carbocycles. The molecule has 17 heavy (non-hydrogen) atoms. The highest BCUT2D eigenvalue weighted by Gasteiger charge is 2.28. The molecule has 0 heterocycles. The minimum atomic E-state index is 0.185. The third kappa shape index (κ3) is 2.76. The van der Waals surface area contributed by atoms with Crippen LogP contribution in [0.1, 0.15) is 30.9 Å². The molecule has 0 aromatic heterocycles. The first-order valence-electron chi connectivity index (χ1n) is 6.00. The number of nitrogens with two attached hydrogens (primary N) is 1. The smallest absolute Gasteiger partial charge is 0.0485 e. The fourth-order valence-corrected chi connectivity index (χ4v) is 2.87. The molecule has 4 heteroatoms. The Hall–Kier alpha value is -0.280. The molecule has 1 aliphatic rings. The molecule has 1 aliphatic carbocycles. The number of benzene rings is 1. The van der Waals surface area contributed by atoms with Crippen molar-refractivity contribution in [2.75, 3.05) is 13.6 Å². The fourth-order valence-electron chi connectivity index (χ4n) is 2.33. The molecule has 94 valence electrons. The van der Waals surface area contributed by atoms with Crippen molar-refractivity contribution in [1.82, 2.24) is 4.90 Å². The minimum absolute atomic E-state index is 0.185. The number of nitrogens with zero attached hydrogens (tertiary/aromatic N) is 1. The molecule has 2 nitrogen and oxygen atoms in total. The summed E-state index contributed by atoms with van der Waals surface area (Å²) in [6.45, 7) is 0.578. The van der Waals surface area contributed by atoms with Crippen molar-refractivity contribution >= 4 is 23.2 Å². The van der Waals surface area contributed by atoms with Crippen LogP contribution in [0.3, 0.4) is 0 Å². The topological polar surface area (TPSA) is 29.3 Å². The lowest BCUT2D eigenvalue weighted by atomic mass is 9.89. The molecule has 1 saturated carbocycles. The predicted molar refractivity (Wildman–Crippen MR) is 73.7 cm³/mol. The molecular formula is C13H18Cl2N2. The summed E-state index contributed by atoms with van der Waals surface area (Å²) in [5.41, 5.74) is 6.97. The molecule has 1 fully saturated rings. The van der Waals surface area contributed by atoms with Crippen molar-refractivity contribution in [3.8, 4) is 0 Å². The summed E-state index contributed by atoms with van der Waals surface area (Å²) in [6.07, 6.45) is 3.84. The van der Waals surface area contributed by atoms with Gasteiger partial charge < -0.3 is 5.73 Å². The van der Waals surface area contributed by atoms with E-state index in [2.05, 4.69) is 11.9 Å². The zero-order valence-corrected chi connectivity index (χ0v) is 11.5. The van der Waals surface area contributed by atoms with Gasteiger partial charge in [-0.2, -0.15) is 0 Å². The van der Waals surface area contributed by atoms with Crippen LogP contribution in [0, 0.1) is 0 Å². The molecule has 1 unspecified atom stereocenters. The second-order valence-electron chi connectivity index (χ2n) is 4.67. The third-order valence-electron chi connectivity index (χ3n) is 3.69. The van der Waals surface area contributed by atoms with Gasteiger partial charge in [0.05, 0.1) is 0 Å². The molecule has 0 amide bonds. The van der Waals surface area contributed by atoms with Crippen LogP contribution in [0.4, 0.5) is 0 Å². The van der Waals surface area contributed by atoms with Gasteiger partial charge in [-0.25, -0.2) is 0 Å². The number of hydrogen-bond donors (Lipinski definition) is 1. The first-order chi connectivity index (χ1) is 8.13. The van der Waals surface area contributed by atoms with Crippen LogP contribution >= 0.6 is 23.2 Å². The first-order valence-corrected chi connectivity index (χ1v) is 6.76. The van der Waals surface area contributed by atoms with E-state index in [4.69, 9.17) is 28.9 Å². The zero-order chi connectivity index (χ0) is 12.4. The van der Waals surface area contributed by atoms with Crippen LogP contribution in [-0.4, -0.2) is 24.5 Å². The molecule has 0 saturated heterocycles. The molecule has 0 aliphatic heterocycles. The molecule has 1 aromatic rings. The Kier molecular flexibility index (Phi) is 4.31. The Morgan fingerprint density at radius 2 is 2.12 bits per heavy atom. The van der Waals surface area contributed by atoms with Gasteiger partial charge in [-0.05, 0) is 37.6 Å². The van der Waals surface area contributed by atoms with E-state index in [1.54, 1.807) is 6.07 Å². The monoisotopic (exact) mass is 272 g/mol. The van der Waals surface area contributed by atoms with Gasteiger partial charge in [-0.15, -0.1) is 0 Å². The fraction of sp³-hybridized carbons (Fsp3) is 0.538. The zero-order valence-electron chi connectivity index (χ0n) is 10.00. The molecule has 0 radical (unpaired) electrons. The highest BCUT2D eigenvalue weighted by Crippen LogP contribution is 2.34. The summed E-state index contributed by atoms with van der Waals surface area (Å²) in [4.78, 5) is 2.35. The maximum absolute atomic E-state index is 6.25. The normalized spacial score (nSPS) is 18.2. The molecular weight excluding hydrogens is 255 g/mol. The predicted octanol–water partition coefficient (Wildman–Crippen LogP) is 3.48. The summed E-state index contributed by atoms with van der Waals surface area (Å²) < 4.78 is 0. The van der Waals surface area contributed by atoms with Gasteiger partial charge in [0.2, 0.25) is 0 Å². The maximum atomic E-state index is 6.25.